The van der Waals surface area contributed by atoms with E-state index >= 15 is 0 Å². The molecule has 54 valence electrons. The molecule has 0 aromatic carbocycles. The van der Waals surface area contributed by atoms with Crippen LogP contribution in [0.15, 0.2) is 0 Å². The second kappa shape index (κ2) is 4.68. The van der Waals surface area contributed by atoms with Gasteiger partial charge in [0.1, 0.15) is 0 Å². The average molecular weight is 147 g/mol. The van der Waals surface area contributed by atoms with Crippen LogP contribution < -0.4 is 0 Å². The van der Waals surface area contributed by atoms with E-state index in [2.05, 4.69) is 12.6 Å². The summed E-state index contributed by atoms with van der Waals surface area (Å²) in [5.41, 5.74) is 0. The Labute approximate surface area is 61.6 Å². The van der Waals surface area contributed by atoms with Crippen molar-refractivity contribution in [2.24, 2.45) is 0 Å². The lowest BCUT2D eigenvalue weighted by Gasteiger charge is -2.16. The van der Waals surface area contributed by atoms with E-state index in [1.807, 2.05) is 13.8 Å². The van der Waals surface area contributed by atoms with Gasteiger partial charge in [-0.05, 0) is 13.8 Å². The highest BCUT2D eigenvalue weighted by Crippen LogP contribution is 1.89. The molecule has 9 heavy (non-hydrogen) atoms. The Morgan fingerprint density at radius 1 is 1.44 bits per heavy atom. The fraction of sp³-hybridized carbons (Fsp3) is 0.833. The van der Waals surface area contributed by atoms with E-state index in [-0.39, 0.29) is 5.91 Å². The first-order valence-electron chi connectivity index (χ1n) is 3.14. The molecule has 0 fully saturated rings. The second-order valence-corrected chi connectivity index (χ2v) is 2.04. The zero-order chi connectivity index (χ0) is 7.28. The van der Waals surface area contributed by atoms with Gasteiger partial charge >= 0.3 is 0 Å². The summed E-state index contributed by atoms with van der Waals surface area (Å²) >= 11 is 3.87. The van der Waals surface area contributed by atoms with Gasteiger partial charge < -0.3 is 4.90 Å². The largest absolute Gasteiger partial charge is 0.343 e. The number of rotatable bonds is 3. The number of hydrogen-bond donors (Lipinski definition) is 1. The van der Waals surface area contributed by atoms with Crippen molar-refractivity contribution in [1.29, 1.82) is 0 Å². The minimum atomic E-state index is 0.114. The van der Waals surface area contributed by atoms with E-state index in [1.165, 1.54) is 0 Å². The van der Waals surface area contributed by atoms with Crippen molar-refractivity contribution in [3.63, 3.8) is 0 Å². The fourth-order valence-corrected chi connectivity index (χ4v) is 0.876. The van der Waals surface area contributed by atoms with Crippen molar-refractivity contribution in [3.8, 4) is 0 Å². The maximum Gasteiger partial charge on any atom is 0.232 e. The summed E-state index contributed by atoms with van der Waals surface area (Å²) in [4.78, 5) is 12.6. The molecule has 0 aromatic rings. The quantitative estimate of drug-likeness (QED) is 0.585. The van der Waals surface area contributed by atoms with E-state index in [9.17, 15) is 4.79 Å². The number of carbonyl (C=O) groups is 1. The highest BCUT2D eigenvalue weighted by atomic mass is 32.1. The van der Waals surface area contributed by atoms with Gasteiger partial charge in [0, 0.05) is 13.1 Å². The van der Waals surface area contributed by atoms with Crippen LogP contribution in [0, 0.1) is 0 Å². The second-order valence-electron chi connectivity index (χ2n) is 1.72. The van der Waals surface area contributed by atoms with Crippen LogP contribution >= 0.6 is 12.6 Å². The van der Waals surface area contributed by atoms with Gasteiger partial charge in [-0.1, -0.05) is 0 Å². The molecule has 0 aromatic heterocycles. The van der Waals surface area contributed by atoms with E-state index in [0.29, 0.717) is 5.75 Å². The molecule has 0 N–H and O–H groups in total. The van der Waals surface area contributed by atoms with Gasteiger partial charge in [-0.2, -0.15) is 12.6 Å². The molecule has 0 bridgehead atoms. The number of carbonyl (C=O) groups excluding carboxylic acids is 1. The van der Waals surface area contributed by atoms with Gasteiger partial charge in [0.05, 0.1) is 5.75 Å². The van der Waals surface area contributed by atoms with Gasteiger partial charge in [-0.3, -0.25) is 4.79 Å². The normalized spacial score (nSPS) is 9.22. The molecule has 0 aliphatic heterocycles. The standard InChI is InChI=1S/C6H13NOS/c1-3-7(4-2)6(8)5-9/h9H,3-5H2,1-2H3. The Morgan fingerprint density at radius 2 is 1.89 bits per heavy atom. The molecular formula is C6H13NOS. The SMILES string of the molecule is CCN(CC)C(=O)CS. The number of hydrogen-bond acceptors (Lipinski definition) is 2. The summed E-state index contributed by atoms with van der Waals surface area (Å²) in [6.45, 7) is 5.50. The van der Waals surface area contributed by atoms with Crippen molar-refractivity contribution in [1.82, 2.24) is 4.90 Å². The molecule has 2 nitrogen and oxygen atoms in total. The van der Waals surface area contributed by atoms with Crippen molar-refractivity contribution in [2.45, 2.75) is 13.8 Å². The lowest BCUT2D eigenvalue weighted by Crippen LogP contribution is -2.31. The van der Waals surface area contributed by atoms with Crippen molar-refractivity contribution in [2.75, 3.05) is 18.8 Å². The summed E-state index contributed by atoms with van der Waals surface area (Å²) in [5.74, 6) is 0.435. The first-order valence-corrected chi connectivity index (χ1v) is 3.78. The van der Waals surface area contributed by atoms with Crippen LogP contribution in [-0.2, 0) is 4.79 Å². The minimum absolute atomic E-state index is 0.114. The minimum Gasteiger partial charge on any atom is -0.343 e. The molecule has 0 heterocycles. The molecule has 0 unspecified atom stereocenters. The molecule has 1 amide bonds. The Kier molecular flexibility index (Phi) is 4.58. The van der Waals surface area contributed by atoms with Crippen LogP contribution in [-0.4, -0.2) is 29.6 Å². The van der Waals surface area contributed by atoms with E-state index in [1.54, 1.807) is 4.90 Å². The first kappa shape index (κ1) is 8.82. The molecule has 0 rings (SSSR count). The molecule has 0 saturated heterocycles. The van der Waals surface area contributed by atoms with Crippen LogP contribution in [0.5, 0.6) is 0 Å². The zero-order valence-electron chi connectivity index (χ0n) is 5.92. The molecule has 0 aliphatic rings. The topological polar surface area (TPSA) is 20.3 Å². The predicted octanol–water partition coefficient (Wildman–Crippen LogP) is 0.785. The summed E-state index contributed by atoms with van der Waals surface area (Å²) in [6, 6.07) is 0. The van der Waals surface area contributed by atoms with Crippen LogP contribution in [0.4, 0.5) is 0 Å². The van der Waals surface area contributed by atoms with Crippen molar-refractivity contribution >= 4 is 18.5 Å². The number of amides is 1. The molecule has 0 atom stereocenters. The first-order chi connectivity index (χ1) is 4.26. The van der Waals surface area contributed by atoms with Crippen LogP contribution in [0.25, 0.3) is 0 Å². The van der Waals surface area contributed by atoms with Crippen LogP contribution in [0.2, 0.25) is 0 Å². The number of nitrogens with zero attached hydrogens (tertiary/aromatic N) is 1. The smallest absolute Gasteiger partial charge is 0.232 e. The Bertz CT molecular complexity index is 91.1. The van der Waals surface area contributed by atoms with E-state index in [0.717, 1.165) is 13.1 Å². The summed E-state index contributed by atoms with van der Waals surface area (Å²) in [6.07, 6.45) is 0. The Morgan fingerprint density at radius 3 is 2.00 bits per heavy atom. The average Bonchev–Trinajstić information content (AvgIpc) is 1.90. The molecule has 3 heteroatoms. The maximum absolute atomic E-state index is 10.8. The summed E-state index contributed by atoms with van der Waals surface area (Å²) in [7, 11) is 0. The third kappa shape index (κ3) is 2.75. The highest BCUT2D eigenvalue weighted by molar-refractivity contribution is 7.81. The van der Waals surface area contributed by atoms with Gasteiger partial charge in [0.2, 0.25) is 5.91 Å². The summed E-state index contributed by atoms with van der Waals surface area (Å²) in [5, 5.41) is 0. The lowest BCUT2D eigenvalue weighted by molar-refractivity contribution is -0.127. The van der Waals surface area contributed by atoms with Gasteiger partial charge in [-0.25, -0.2) is 0 Å². The van der Waals surface area contributed by atoms with Crippen molar-refractivity contribution in [3.05, 3.63) is 0 Å². The molecule has 0 saturated carbocycles. The highest BCUT2D eigenvalue weighted by Gasteiger charge is 2.04. The number of thiol groups is 1. The Hall–Kier alpha value is -0.180. The fourth-order valence-electron chi connectivity index (χ4n) is 0.676. The monoisotopic (exact) mass is 147 g/mol. The third-order valence-electron chi connectivity index (χ3n) is 1.25. The van der Waals surface area contributed by atoms with Gasteiger partial charge in [0.15, 0.2) is 0 Å². The molecule has 0 radical (unpaired) electrons. The maximum atomic E-state index is 10.8. The van der Waals surface area contributed by atoms with Crippen LogP contribution in [0.1, 0.15) is 13.8 Å². The summed E-state index contributed by atoms with van der Waals surface area (Å²) < 4.78 is 0. The van der Waals surface area contributed by atoms with Crippen LogP contribution in [0.3, 0.4) is 0 Å². The molecule has 0 aliphatic carbocycles. The van der Waals surface area contributed by atoms with Gasteiger partial charge in [0.25, 0.3) is 0 Å². The van der Waals surface area contributed by atoms with Crippen molar-refractivity contribution < 1.29 is 4.79 Å². The van der Waals surface area contributed by atoms with E-state index in [4.69, 9.17) is 0 Å². The third-order valence-corrected chi connectivity index (χ3v) is 1.52. The zero-order valence-corrected chi connectivity index (χ0v) is 6.82. The predicted molar refractivity (Wildman–Crippen MR) is 41.8 cm³/mol. The lowest BCUT2D eigenvalue weighted by atomic mass is 10.5. The Balaban J connectivity index is 3.64. The van der Waals surface area contributed by atoms with Gasteiger partial charge in [-0.15, -0.1) is 0 Å². The molecule has 0 spiro atoms. The van der Waals surface area contributed by atoms with E-state index < -0.39 is 0 Å². The molecular weight excluding hydrogens is 134 g/mol.